The molecule has 2 rings (SSSR count). The molecule has 0 atom stereocenters. The molecule has 104 valence electrons. The number of sulfonamides is 1. The van der Waals surface area contributed by atoms with Crippen LogP contribution in [-0.4, -0.2) is 18.2 Å². The molecule has 0 bridgehead atoms. The highest BCUT2D eigenvalue weighted by atomic mass is 32.2. The summed E-state index contributed by atoms with van der Waals surface area (Å²) in [6.07, 6.45) is 1.64. The van der Waals surface area contributed by atoms with E-state index in [2.05, 4.69) is 9.82 Å². The van der Waals surface area contributed by atoms with Gasteiger partial charge in [-0.1, -0.05) is 0 Å². The van der Waals surface area contributed by atoms with E-state index in [1.807, 2.05) is 13.0 Å². The van der Waals surface area contributed by atoms with Crippen molar-refractivity contribution in [1.29, 1.82) is 5.26 Å². The first-order valence-electron chi connectivity index (χ1n) is 5.91. The Morgan fingerprint density at radius 1 is 1.35 bits per heavy atom. The summed E-state index contributed by atoms with van der Waals surface area (Å²) in [6, 6.07) is 7.73. The van der Waals surface area contributed by atoms with Crippen molar-refractivity contribution in [3.05, 3.63) is 47.3 Å². The Morgan fingerprint density at radius 2 is 2.00 bits per heavy atom. The van der Waals surface area contributed by atoms with Gasteiger partial charge in [0.05, 0.1) is 22.7 Å². The van der Waals surface area contributed by atoms with Gasteiger partial charge in [-0.2, -0.15) is 10.4 Å². The van der Waals surface area contributed by atoms with Gasteiger partial charge < -0.3 is 0 Å². The first kappa shape index (κ1) is 14.2. The lowest BCUT2D eigenvalue weighted by Crippen LogP contribution is -2.23. The lowest BCUT2D eigenvalue weighted by molar-refractivity contribution is 0.581. The number of nitrogens with one attached hydrogen (secondary N) is 1. The van der Waals surface area contributed by atoms with Gasteiger partial charge in [-0.3, -0.25) is 4.68 Å². The van der Waals surface area contributed by atoms with Crippen molar-refractivity contribution < 1.29 is 8.42 Å². The molecule has 0 amide bonds. The van der Waals surface area contributed by atoms with Crippen LogP contribution in [0.4, 0.5) is 0 Å². The van der Waals surface area contributed by atoms with E-state index in [0.717, 1.165) is 11.3 Å². The highest BCUT2D eigenvalue weighted by molar-refractivity contribution is 7.89. The predicted molar refractivity (Wildman–Crippen MR) is 73.1 cm³/mol. The van der Waals surface area contributed by atoms with E-state index in [1.165, 1.54) is 24.3 Å². The van der Waals surface area contributed by atoms with Gasteiger partial charge in [-0.05, 0) is 31.2 Å². The molecule has 0 spiro atoms. The molecular formula is C13H14N4O2S. The van der Waals surface area contributed by atoms with Crippen molar-refractivity contribution in [1.82, 2.24) is 14.5 Å². The molecule has 1 N–H and O–H groups in total. The maximum Gasteiger partial charge on any atom is 0.240 e. The number of aryl methyl sites for hydroxylation is 1. The summed E-state index contributed by atoms with van der Waals surface area (Å²) in [6.45, 7) is 2.06. The number of benzene rings is 1. The Balaban J connectivity index is 2.15. The minimum atomic E-state index is -3.59. The van der Waals surface area contributed by atoms with Gasteiger partial charge in [-0.25, -0.2) is 13.1 Å². The maximum atomic E-state index is 12.1. The van der Waals surface area contributed by atoms with Crippen LogP contribution in [0.15, 0.2) is 35.4 Å². The molecule has 0 radical (unpaired) electrons. The van der Waals surface area contributed by atoms with Gasteiger partial charge in [0.1, 0.15) is 0 Å². The van der Waals surface area contributed by atoms with Crippen molar-refractivity contribution in [2.45, 2.75) is 18.4 Å². The third kappa shape index (κ3) is 2.87. The predicted octanol–water partition coefficient (Wildman–Crippen LogP) is 1.08. The molecule has 0 saturated carbocycles. The average Bonchev–Trinajstić information content (AvgIpc) is 2.77. The zero-order valence-corrected chi connectivity index (χ0v) is 12.0. The second kappa shape index (κ2) is 5.45. The Bertz CT molecular complexity index is 755. The van der Waals surface area contributed by atoms with Crippen molar-refractivity contribution in [3.63, 3.8) is 0 Å². The molecule has 1 aromatic heterocycles. The second-order valence-corrected chi connectivity index (χ2v) is 6.11. The molecule has 0 aliphatic heterocycles. The van der Waals surface area contributed by atoms with Gasteiger partial charge in [0.15, 0.2) is 0 Å². The number of rotatable bonds is 4. The molecule has 20 heavy (non-hydrogen) atoms. The van der Waals surface area contributed by atoms with E-state index in [9.17, 15) is 8.42 Å². The Kier molecular flexibility index (Phi) is 3.88. The van der Waals surface area contributed by atoms with Crippen LogP contribution in [-0.2, 0) is 23.6 Å². The topological polar surface area (TPSA) is 87.8 Å². The van der Waals surface area contributed by atoms with E-state index < -0.39 is 10.0 Å². The Hall–Kier alpha value is -2.17. The largest absolute Gasteiger partial charge is 0.273 e. The zero-order chi connectivity index (χ0) is 14.8. The van der Waals surface area contributed by atoms with E-state index in [0.29, 0.717) is 5.56 Å². The van der Waals surface area contributed by atoms with E-state index in [-0.39, 0.29) is 11.4 Å². The monoisotopic (exact) mass is 290 g/mol. The van der Waals surface area contributed by atoms with Crippen molar-refractivity contribution >= 4 is 10.0 Å². The van der Waals surface area contributed by atoms with Crippen LogP contribution in [0.3, 0.4) is 0 Å². The van der Waals surface area contributed by atoms with Crippen molar-refractivity contribution in [2.24, 2.45) is 7.05 Å². The molecule has 6 nitrogen and oxygen atoms in total. The average molecular weight is 290 g/mol. The Morgan fingerprint density at radius 3 is 2.50 bits per heavy atom. The smallest absolute Gasteiger partial charge is 0.240 e. The summed E-state index contributed by atoms with van der Waals surface area (Å²) >= 11 is 0. The molecule has 7 heteroatoms. The summed E-state index contributed by atoms with van der Waals surface area (Å²) in [5, 5.41) is 12.7. The van der Waals surface area contributed by atoms with Gasteiger partial charge in [-0.15, -0.1) is 0 Å². The third-order valence-corrected chi connectivity index (χ3v) is 4.50. The molecule has 0 aliphatic carbocycles. The zero-order valence-electron chi connectivity index (χ0n) is 11.2. The molecule has 1 aromatic carbocycles. The molecule has 0 unspecified atom stereocenters. The number of aromatic nitrogens is 2. The lowest BCUT2D eigenvalue weighted by atomic mass is 10.2. The summed E-state index contributed by atoms with van der Waals surface area (Å²) in [5.41, 5.74) is 2.16. The summed E-state index contributed by atoms with van der Waals surface area (Å²) in [5.74, 6) is 0. The summed E-state index contributed by atoms with van der Waals surface area (Å²) in [4.78, 5) is 0.137. The van der Waals surface area contributed by atoms with Crippen molar-refractivity contribution in [2.75, 3.05) is 0 Å². The minimum Gasteiger partial charge on any atom is -0.273 e. The normalized spacial score (nSPS) is 11.2. The number of nitriles is 1. The van der Waals surface area contributed by atoms with Crippen LogP contribution >= 0.6 is 0 Å². The van der Waals surface area contributed by atoms with E-state index in [4.69, 9.17) is 5.26 Å². The standard InChI is InChI=1S/C13H14N4O2S/c1-10-12(8-15-17(10)2)9-16-20(18,19)13-5-3-11(7-14)4-6-13/h3-6,8,16H,9H2,1-2H3. The van der Waals surface area contributed by atoms with Gasteiger partial charge in [0.2, 0.25) is 10.0 Å². The highest BCUT2D eigenvalue weighted by Gasteiger charge is 2.14. The lowest BCUT2D eigenvalue weighted by Gasteiger charge is -2.06. The van der Waals surface area contributed by atoms with Crippen LogP contribution < -0.4 is 4.72 Å². The SMILES string of the molecule is Cc1c(CNS(=O)(=O)c2ccc(C#N)cc2)cnn1C. The first-order chi connectivity index (χ1) is 9.44. The van der Waals surface area contributed by atoms with Crippen LogP contribution in [0.5, 0.6) is 0 Å². The van der Waals surface area contributed by atoms with Gasteiger partial charge >= 0.3 is 0 Å². The Labute approximate surface area is 117 Å². The fraction of sp³-hybridized carbons (Fsp3) is 0.231. The minimum absolute atomic E-state index is 0.137. The van der Waals surface area contributed by atoms with Crippen LogP contribution in [0.2, 0.25) is 0 Å². The van der Waals surface area contributed by atoms with Gasteiger partial charge in [0.25, 0.3) is 0 Å². The highest BCUT2D eigenvalue weighted by Crippen LogP contribution is 2.12. The maximum absolute atomic E-state index is 12.1. The number of hydrogen-bond donors (Lipinski definition) is 1. The van der Waals surface area contributed by atoms with Crippen LogP contribution in [0, 0.1) is 18.3 Å². The van der Waals surface area contributed by atoms with Gasteiger partial charge in [0, 0.05) is 24.8 Å². The summed E-state index contributed by atoms with van der Waals surface area (Å²) < 4.78 is 28.4. The molecular weight excluding hydrogens is 276 g/mol. The molecule has 1 heterocycles. The van der Waals surface area contributed by atoms with Crippen molar-refractivity contribution in [3.8, 4) is 6.07 Å². The number of hydrogen-bond acceptors (Lipinski definition) is 4. The molecule has 0 aliphatic rings. The molecule has 0 saturated heterocycles. The quantitative estimate of drug-likeness (QED) is 0.912. The third-order valence-electron chi connectivity index (χ3n) is 3.08. The molecule has 0 fully saturated rings. The second-order valence-electron chi connectivity index (χ2n) is 4.34. The van der Waals surface area contributed by atoms with E-state index >= 15 is 0 Å². The van der Waals surface area contributed by atoms with E-state index in [1.54, 1.807) is 17.9 Å². The fourth-order valence-electron chi connectivity index (χ4n) is 1.68. The van der Waals surface area contributed by atoms with Crippen LogP contribution in [0.1, 0.15) is 16.8 Å². The number of nitrogens with zero attached hydrogens (tertiary/aromatic N) is 3. The summed E-state index contributed by atoms with van der Waals surface area (Å²) in [7, 11) is -1.79. The molecule has 2 aromatic rings. The van der Waals surface area contributed by atoms with Crippen LogP contribution in [0.25, 0.3) is 0 Å². The first-order valence-corrected chi connectivity index (χ1v) is 7.39. The fourth-order valence-corrected chi connectivity index (χ4v) is 2.69.